The second-order valence-electron chi connectivity index (χ2n) is 6.06. The van der Waals surface area contributed by atoms with Crippen LogP contribution in [0, 0.1) is 5.92 Å². The van der Waals surface area contributed by atoms with Crippen LogP contribution in [0.5, 0.6) is 11.5 Å². The molecule has 1 aliphatic rings. The standard InChI is InChI=1S/C17H23NO5S/c1-10(2)7-12(17(20)21)18-15(19)9-24-16(18)11-5-6-13(22-3)14(8-11)23-4/h5-6,8,10,12,16H,7,9H2,1-4H3,(H,20,21). The van der Waals surface area contributed by atoms with Crippen molar-refractivity contribution in [2.45, 2.75) is 31.7 Å². The number of hydrogen-bond acceptors (Lipinski definition) is 5. The number of carbonyl (C=O) groups is 2. The highest BCUT2D eigenvalue weighted by Crippen LogP contribution is 2.43. The van der Waals surface area contributed by atoms with Crippen LogP contribution in [0.2, 0.25) is 0 Å². The third-order valence-corrected chi connectivity index (χ3v) is 5.14. The molecule has 1 fully saturated rings. The quantitative estimate of drug-likeness (QED) is 0.812. The number of ether oxygens (including phenoxy) is 2. The van der Waals surface area contributed by atoms with E-state index in [-0.39, 0.29) is 23.0 Å². The normalized spacial score (nSPS) is 18.8. The Hall–Kier alpha value is -1.89. The minimum Gasteiger partial charge on any atom is -0.493 e. The summed E-state index contributed by atoms with van der Waals surface area (Å²) in [5, 5.41) is 9.26. The molecule has 1 N–H and O–H groups in total. The molecule has 1 heterocycles. The molecule has 2 atom stereocenters. The lowest BCUT2D eigenvalue weighted by Gasteiger charge is -2.31. The predicted molar refractivity (Wildman–Crippen MR) is 92.5 cm³/mol. The molecular formula is C17H23NO5S. The summed E-state index contributed by atoms with van der Waals surface area (Å²) < 4.78 is 10.6. The molecule has 0 saturated carbocycles. The number of hydrogen-bond donors (Lipinski definition) is 1. The van der Waals surface area contributed by atoms with E-state index in [0.29, 0.717) is 17.9 Å². The molecule has 0 bridgehead atoms. The summed E-state index contributed by atoms with van der Waals surface area (Å²) in [4.78, 5) is 25.6. The highest BCUT2D eigenvalue weighted by Gasteiger charge is 2.41. The second-order valence-corrected chi connectivity index (χ2v) is 7.13. The first-order chi connectivity index (χ1) is 11.4. The van der Waals surface area contributed by atoms with Gasteiger partial charge in [0.1, 0.15) is 11.4 Å². The Bertz CT molecular complexity index is 619. The summed E-state index contributed by atoms with van der Waals surface area (Å²) in [6.45, 7) is 3.91. The molecule has 1 aromatic carbocycles. The van der Waals surface area contributed by atoms with Crippen LogP contribution in [0.4, 0.5) is 0 Å². The molecule has 1 aliphatic heterocycles. The molecule has 1 saturated heterocycles. The largest absolute Gasteiger partial charge is 0.493 e. The highest BCUT2D eigenvalue weighted by atomic mass is 32.2. The molecule has 1 aromatic rings. The minimum absolute atomic E-state index is 0.146. The molecule has 24 heavy (non-hydrogen) atoms. The monoisotopic (exact) mass is 353 g/mol. The number of aliphatic carboxylic acids is 1. The number of carboxylic acids is 1. The van der Waals surface area contributed by atoms with E-state index in [9.17, 15) is 14.7 Å². The van der Waals surface area contributed by atoms with E-state index in [1.165, 1.54) is 16.7 Å². The summed E-state index contributed by atoms with van der Waals surface area (Å²) in [5.74, 6) is 0.499. The highest BCUT2D eigenvalue weighted by molar-refractivity contribution is 8.00. The van der Waals surface area contributed by atoms with Crippen molar-refractivity contribution in [3.8, 4) is 11.5 Å². The summed E-state index contributed by atoms with van der Waals surface area (Å²) >= 11 is 1.43. The lowest BCUT2D eigenvalue weighted by atomic mass is 10.0. The van der Waals surface area contributed by atoms with Gasteiger partial charge < -0.3 is 19.5 Å². The maximum atomic E-state index is 12.3. The van der Waals surface area contributed by atoms with Crippen LogP contribution in [0.15, 0.2) is 18.2 Å². The Morgan fingerprint density at radius 1 is 1.33 bits per heavy atom. The van der Waals surface area contributed by atoms with Gasteiger partial charge in [-0.2, -0.15) is 0 Å². The molecule has 132 valence electrons. The Kier molecular flexibility index (Phi) is 5.99. The summed E-state index contributed by atoms with van der Waals surface area (Å²) in [6.07, 6.45) is 0.422. The van der Waals surface area contributed by atoms with Gasteiger partial charge in [-0.15, -0.1) is 11.8 Å². The van der Waals surface area contributed by atoms with Crippen molar-refractivity contribution in [3.05, 3.63) is 23.8 Å². The minimum atomic E-state index is -0.968. The number of nitrogens with zero attached hydrogens (tertiary/aromatic N) is 1. The number of thioether (sulfide) groups is 1. The number of rotatable bonds is 7. The number of carbonyl (C=O) groups excluding carboxylic acids is 1. The summed E-state index contributed by atoms with van der Waals surface area (Å²) in [6, 6.07) is 4.59. The number of amides is 1. The maximum absolute atomic E-state index is 12.3. The zero-order chi connectivity index (χ0) is 17.9. The fourth-order valence-electron chi connectivity index (χ4n) is 2.82. The molecule has 2 unspecified atom stereocenters. The lowest BCUT2D eigenvalue weighted by Crippen LogP contribution is -2.44. The molecular weight excluding hydrogens is 330 g/mol. The molecule has 6 nitrogen and oxygen atoms in total. The first kappa shape index (κ1) is 18.4. The topological polar surface area (TPSA) is 76.1 Å². The molecule has 0 radical (unpaired) electrons. The predicted octanol–water partition coefficient (Wildman–Crippen LogP) is 2.78. The van der Waals surface area contributed by atoms with E-state index in [2.05, 4.69) is 0 Å². The average Bonchev–Trinajstić information content (AvgIpc) is 2.92. The first-order valence-electron chi connectivity index (χ1n) is 7.76. The Balaban J connectivity index is 2.37. The van der Waals surface area contributed by atoms with Crippen molar-refractivity contribution >= 4 is 23.6 Å². The molecule has 2 rings (SSSR count). The van der Waals surface area contributed by atoms with Crippen molar-refractivity contribution in [2.24, 2.45) is 5.92 Å². The lowest BCUT2D eigenvalue weighted by molar-refractivity contribution is -0.150. The third kappa shape index (κ3) is 3.77. The smallest absolute Gasteiger partial charge is 0.326 e. The maximum Gasteiger partial charge on any atom is 0.326 e. The Morgan fingerprint density at radius 3 is 2.54 bits per heavy atom. The van der Waals surface area contributed by atoms with Gasteiger partial charge in [-0.25, -0.2) is 4.79 Å². The van der Waals surface area contributed by atoms with Gasteiger partial charge in [-0.1, -0.05) is 19.9 Å². The fourth-order valence-corrected chi connectivity index (χ4v) is 4.03. The molecule has 0 spiro atoms. The molecule has 0 aromatic heterocycles. The van der Waals surface area contributed by atoms with Crippen molar-refractivity contribution in [1.29, 1.82) is 0 Å². The van der Waals surface area contributed by atoms with E-state index in [1.54, 1.807) is 26.4 Å². The van der Waals surface area contributed by atoms with Gasteiger partial charge in [0, 0.05) is 0 Å². The van der Waals surface area contributed by atoms with Crippen molar-refractivity contribution in [1.82, 2.24) is 4.90 Å². The van der Waals surface area contributed by atoms with Crippen LogP contribution in [0.1, 0.15) is 31.2 Å². The molecule has 0 aliphatic carbocycles. The van der Waals surface area contributed by atoms with Crippen LogP contribution in [0.3, 0.4) is 0 Å². The number of benzene rings is 1. The van der Waals surface area contributed by atoms with Crippen LogP contribution >= 0.6 is 11.8 Å². The van der Waals surface area contributed by atoms with Crippen molar-refractivity contribution in [2.75, 3.05) is 20.0 Å². The fraction of sp³-hybridized carbons (Fsp3) is 0.529. The van der Waals surface area contributed by atoms with Gasteiger partial charge in [-0.05, 0) is 30.0 Å². The van der Waals surface area contributed by atoms with Crippen LogP contribution in [0.25, 0.3) is 0 Å². The van der Waals surface area contributed by atoms with E-state index in [1.807, 2.05) is 19.9 Å². The van der Waals surface area contributed by atoms with Crippen LogP contribution in [-0.2, 0) is 9.59 Å². The van der Waals surface area contributed by atoms with Gasteiger partial charge in [0.05, 0.1) is 20.0 Å². The van der Waals surface area contributed by atoms with Gasteiger partial charge in [-0.3, -0.25) is 4.79 Å². The van der Waals surface area contributed by atoms with Gasteiger partial charge in [0.2, 0.25) is 5.91 Å². The van der Waals surface area contributed by atoms with Gasteiger partial charge in [0.15, 0.2) is 11.5 Å². The number of methoxy groups -OCH3 is 2. The zero-order valence-electron chi connectivity index (χ0n) is 14.3. The first-order valence-corrected chi connectivity index (χ1v) is 8.81. The zero-order valence-corrected chi connectivity index (χ0v) is 15.1. The van der Waals surface area contributed by atoms with Crippen LogP contribution in [-0.4, -0.2) is 47.9 Å². The van der Waals surface area contributed by atoms with Crippen molar-refractivity contribution in [3.63, 3.8) is 0 Å². The Morgan fingerprint density at radius 2 is 2.00 bits per heavy atom. The van der Waals surface area contributed by atoms with E-state index in [4.69, 9.17) is 9.47 Å². The SMILES string of the molecule is COc1ccc(C2SCC(=O)N2C(CC(C)C)C(=O)O)cc1OC. The van der Waals surface area contributed by atoms with E-state index >= 15 is 0 Å². The van der Waals surface area contributed by atoms with Crippen molar-refractivity contribution < 1.29 is 24.2 Å². The van der Waals surface area contributed by atoms with Gasteiger partial charge in [0.25, 0.3) is 0 Å². The Labute approximate surface area is 146 Å². The van der Waals surface area contributed by atoms with Crippen LogP contribution < -0.4 is 9.47 Å². The molecule has 1 amide bonds. The third-order valence-electron chi connectivity index (χ3n) is 3.91. The number of carboxylic acid groups (broad SMARTS) is 1. The van der Waals surface area contributed by atoms with E-state index < -0.39 is 12.0 Å². The molecule has 7 heteroatoms. The summed E-state index contributed by atoms with van der Waals surface area (Å²) in [5.41, 5.74) is 0.832. The average molecular weight is 353 g/mol. The van der Waals surface area contributed by atoms with Gasteiger partial charge >= 0.3 is 5.97 Å². The summed E-state index contributed by atoms with van der Waals surface area (Å²) in [7, 11) is 3.10. The van der Waals surface area contributed by atoms with E-state index in [0.717, 1.165) is 5.56 Å². The second kappa shape index (κ2) is 7.79.